The third-order valence-corrected chi connectivity index (χ3v) is 2.69. The quantitative estimate of drug-likeness (QED) is 0.532. The molecule has 1 nitrogen and oxygen atoms in total. The van der Waals surface area contributed by atoms with Gasteiger partial charge in [-0.2, -0.15) is 5.26 Å². The van der Waals surface area contributed by atoms with Gasteiger partial charge in [-0.05, 0) is 18.4 Å². The molecule has 56 valence electrons. The molecule has 0 unspecified atom stereocenters. The van der Waals surface area contributed by atoms with E-state index in [-0.39, 0.29) is 0 Å². The molecular weight excluding hydrogens is 174 g/mol. The number of thioether (sulfide) groups is 1. The van der Waals surface area contributed by atoms with Crippen LogP contribution in [0, 0.1) is 11.3 Å². The summed E-state index contributed by atoms with van der Waals surface area (Å²) in [6.45, 7) is 0. The Morgan fingerprint density at radius 3 is 2.73 bits per heavy atom. The summed E-state index contributed by atoms with van der Waals surface area (Å²) in [6.07, 6.45) is 1.94. The smallest absolute Gasteiger partial charge is 0.100 e. The molecule has 0 aliphatic heterocycles. The van der Waals surface area contributed by atoms with Crippen molar-refractivity contribution in [3.8, 4) is 6.07 Å². The molecule has 1 aromatic rings. The highest BCUT2D eigenvalue weighted by Gasteiger charge is 2.02. The first kappa shape index (κ1) is 8.51. The second-order valence-corrected chi connectivity index (χ2v) is 3.27. The van der Waals surface area contributed by atoms with Crippen molar-refractivity contribution in [2.75, 3.05) is 6.26 Å². The van der Waals surface area contributed by atoms with Gasteiger partial charge in [0.25, 0.3) is 0 Å². The highest BCUT2D eigenvalue weighted by atomic mass is 32.2. The van der Waals surface area contributed by atoms with Crippen LogP contribution in [-0.2, 0) is 0 Å². The molecule has 0 fully saturated rings. The predicted molar refractivity (Wildman–Crippen MR) is 50.2 cm³/mol. The molecule has 0 saturated heterocycles. The maximum absolute atomic E-state index is 8.68. The summed E-state index contributed by atoms with van der Waals surface area (Å²) in [7, 11) is 0. The first-order valence-electron chi connectivity index (χ1n) is 3.05. The molecule has 0 heterocycles. The fraction of sp³-hybridized carbons (Fsp3) is 0.125. The van der Waals surface area contributed by atoms with Gasteiger partial charge in [0.2, 0.25) is 0 Å². The van der Waals surface area contributed by atoms with E-state index < -0.39 is 0 Å². The van der Waals surface area contributed by atoms with Gasteiger partial charge in [0.1, 0.15) is 6.07 Å². The molecule has 3 heteroatoms. The van der Waals surface area contributed by atoms with Crippen LogP contribution in [0.5, 0.6) is 0 Å². The van der Waals surface area contributed by atoms with E-state index in [0.717, 1.165) is 9.79 Å². The van der Waals surface area contributed by atoms with Crippen LogP contribution in [-0.4, -0.2) is 6.26 Å². The number of nitriles is 1. The highest BCUT2D eigenvalue weighted by molar-refractivity contribution is 7.99. The summed E-state index contributed by atoms with van der Waals surface area (Å²) in [5, 5.41) is 8.68. The molecule has 0 spiro atoms. The van der Waals surface area contributed by atoms with E-state index in [1.807, 2.05) is 18.4 Å². The molecule has 0 N–H and O–H groups in total. The summed E-state index contributed by atoms with van der Waals surface area (Å²) in [6, 6.07) is 7.63. The number of benzene rings is 1. The molecule has 0 aromatic heterocycles. The Morgan fingerprint density at radius 2 is 2.27 bits per heavy atom. The molecule has 0 amide bonds. The van der Waals surface area contributed by atoms with E-state index in [2.05, 4.69) is 18.7 Å². The predicted octanol–water partition coefficient (Wildman–Crippen LogP) is 2.57. The lowest BCUT2D eigenvalue weighted by Gasteiger charge is -2.01. The van der Waals surface area contributed by atoms with Gasteiger partial charge in [-0.1, -0.05) is 6.07 Å². The Morgan fingerprint density at radius 1 is 1.55 bits per heavy atom. The number of rotatable bonds is 1. The molecule has 1 rings (SSSR count). The zero-order valence-electron chi connectivity index (χ0n) is 6.03. The van der Waals surface area contributed by atoms with Gasteiger partial charge in [-0.15, -0.1) is 24.4 Å². The number of hydrogen-bond acceptors (Lipinski definition) is 3. The van der Waals surface area contributed by atoms with Crippen LogP contribution in [0.25, 0.3) is 0 Å². The number of nitrogens with zero attached hydrogens (tertiary/aromatic N) is 1. The molecule has 0 aliphatic carbocycles. The second kappa shape index (κ2) is 3.70. The van der Waals surface area contributed by atoms with E-state index in [1.165, 1.54) is 0 Å². The van der Waals surface area contributed by atoms with Crippen LogP contribution in [0.4, 0.5) is 0 Å². The van der Waals surface area contributed by atoms with Crippen molar-refractivity contribution in [1.82, 2.24) is 0 Å². The van der Waals surface area contributed by atoms with Crippen molar-refractivity contribution < 1.29 is 0 Å². The van der Waals surface area contributed by atoms with Gasteiger partial charge in [0, 0.05) is 9.79 Å². The Kier molecular flexibility index (Phi) is 2.86. The minimum atomic E-state index is 0.699. The summed E-state index contributed by atoms with van der Waals surface area (Å²) in [4.78, 5) is 1.83. The molecule has 0 atom stereocenters. The largest absolute Gasteiger partial charge is 0.192 e. The van der Waals surface area contributed by atoms with Gasteiger partial charge in [0.15, 0.2) is 0 Å². The third kappa shape index (κ3) is 1.70. The SMILES string of the molecule is CSc1c(S)cccc1C#N. The molecule has 1 aromatic carbocycles. The van der Waals surface area contributed by atoms with Crippen molar-refractivity contribution in [3.63, 3.8) is 0 Å². The normalized spacial score (nSPS) is 9.18. The summed E-state index contributed by atoms with van der Waals surface area (Å²) >= 11 is 5.78. The lowest BCUT2D eigenvalue weighted by atomic mass is 10.2. The van der Waals surface area contributed by atoms with Gasteiger partial charge in [-0.25, -0.2) is 0 Å². The van der Waals surface area contributed by atoms with E-state index in [0.29, 0.717) is 5.56 Å². The Balaban J connectivity index is 3.27. The summed E-state index contributed by atoms with van der Waals surface area (Å²) in [5.41, 5.74) is 0.699. The maximum Gasteiger partial charge on any atom is 0.100 e. The van der Waals surface area contributed by atoms with Gasteiger partial charge >= 0.3 is 0 Å². The van der Waals surface area contributed by atoms with Gasteiger partial charge in [0.05, 0.1) is 5.56 Å². The van der Waals surface area contributed by atoms with E-state index in [4.69, 9.17) is 5.26 Å². The molecule has 0 aliphatic rings. The summed E-state index contributed by atoms with van der Waals surface area (Å²) in [5.74, 6) is 0. The van der Waals surface area contributed by atoms with Crippen molar-refractivity contribution in [2.45, 2.75) is 9.79 Å². The van der Waals surface area contributed by atoms with Crippen molar-refractivity contribution in [1.29, 1.82) is 5.26 Å². The lowest BCUT2D eigenvalue weighted by Crippen LogP contribution is -1.80. The van der Waals surface area contributed by atoms with Gasteiger partial charge < -0.3 is 0 Å². The van der Waals surface area contributed by atoms with Gasteiger partial charge in [-0.3, -0.25) is 0 Å². The third-order valence-electron chi connectivity index (χ3n) is 1.32. The molecular formula is C8H7NS2. The maximum atomic E-state index is 8.68. The Labute approximate surface area is 75.8 Å². The van der Waals surface area contributed by atoms with Crippen molar-refractivity contribution in [2.24, 2.45) is 0 Å². The van der Waals surface area contributed by atoms with E-state index >= 15 is 0 Å². The standard InChI is InChI=1S/C8H7NS2/c1-11-8-6(5-9)3-2-4-7(8)10/h2-4,10H,1H3. The fourth-order valence-corrected chi connectivity index (χ4v) is 1.92. The number of thiol groups is 1. The topological polar surface area (TPSA) is 23.8 Å². The Bertz CT molecular complexity index is 301. The zero-order valence-corrected chi connectivity index (χ0v) is 7.75. The van der Waals surface area contributed by atoms with Crippen LogP contribution in [0.3, 0.4) is 0 Å². The average Bonchev–Trinajstić information content (AvgIpc) is 2.04. The van der Waals surface area contributed by atoms with Crippen molar-refractivity contribution >= 4 is 24.4 Å². The van der Waals surface area contributed by atoms with E-state index in [1.54, 1.807) is 17.8 Å². The lowest BCUT2D eigenvalue weighted by molar-refractivity contribution is 1.22. The van der Waals surface area contributed by atoms with E-state index in [9.17, 15) is 0 Å². The summed E-state index contributed by atoms with van der Waals surface area (Å²) < 4.78 is 0. The second-order valence-electron chi connectivity index (χ2n) is 1.97. The van der Waals surface area contributed by atoms with Crippen LogP contribution in [0.15, 0.2) is 28.0 Å². The molecule has 11 heavy (non-hydrogen) atoms. The molecule has 0 radical (unpaired) electrons. The molecule has 0 bridgehead atoms. The highest BCUT2D eigenvalue weighted by Crippen LogP contribution is 2.26. The Hall–Kier alpha value is -0.590. The van der Waals surface area contributed by atoms with Crippen LogP contribution >= 0.6 is 24.4 Å². The first-order chi connectivity index (χ1) is 5.29. The minimum Gasteiger partial charge on any atom is -0.192 e. The first-order valence-corrected chi connectivity index (χ1v) is 4.73. The van der Waals surface area contributed by atoms with Crippen LogP contribution in [0.2, 0.25) is 0 Å². The average molecular weight is 181 g/mol. The number of hydrogen-bond donors (Lipinski definition) is 1. The minimum absolute atomic E-state index is 0.699. The monoisotopic (exact) mass is 181 g/mol. The fourth-order valence-electron chi connectivity index (χ4n) is 0.827. The van der Waals surface area contributed by atoms with Crippen LogP contribution < -0.4 is 0 Å². The van der Waals surface area contributed by atoms with Crippen LogP contribution in [0.1, 0.15) is 5.56 Å². The van der Waals surface area contributed by atoms with Crippen molar-refractivity contribution in [3.05, 3.63) is 23.8 Å². The zero-order chi connectivity index (χ0) is 8.27. The molecule has 0 saturated carbocycles.